The summed E-state index contributed by atoms with van der Waals surface area (Å²) in [6, 6.07) is 0. The van der Waals surface area contributed by atoms with Crippen molar-refractivity contribution >= 4 is 23.5 Å². The highest BCUT2D eigenvalue weighted by molar-refractivity contribution is 5.87. The van der Waals surface area contributed by atoms with E-state index in [1.165, 1.54) is 14.0 Å². The number of rotatable bonds is 5. The summed E-state index contributed by atoms with van der Waals surface area (Å²) in [4.78, 5) is 50.0. The van der Waals surface area contributed by atoms with Gasteiger partial charge in [-0.15, -0.1) is 0 Å². The minimum atomic E-state index is -0.456. The number of methoxy groups -OCH3 is 1. The molecule has 0 saturated heterocycles. The molecule has 4 fully saturated rings. The Morgan fingerprint density at radius 3 is 2.52 bits per heavy atom. The number of esters is 2. The summed E-state index contributed by atoms with van der Waals surface area (Å²) in [6.45, 7) is 8.06. The third-order valence-corrected chi connectivity index (χ3v) is 10.4. The van der Waals surface area contributed by atoms with Crippen LogP contribution < -0.4 is 0 Å². The average molecular weight is 461 g/mol. The highest BCUT2D eigenvalue weighted by Gasteiger charge is 2.66. The lowest BCUT2D eigenvalue weighted by molar-refractivity contribution is -0.190. The van der Waals surface area contributed by atoms with Gasteiger partial charge in [-0.1, -0.05) is 20.8 Å². The Kier molecular flexibility index (Phi) is 6.52. The molecule has 9 atom stereocenters. The number of ether oxygens (including phenoxy) is 2. The summed E-state index contributed by atoms with van der Waals surface area (Å²) >= 11 is 0. The van der Waals surface area contributed by atoms with Gasteiger partial charge in [0.1, 0.15) is 17.7 Å². The second-order valence-electron chi connectivity index (χ2n) is 11.8. The highest BCUT2D eigenvalue weighted by Crippen LogP contribution is 2.67. The molecule has 4 aliphatic rings. The molecule has 184 valence electrons. The molecule has 0 aromatic rings. The molecule has 4 rings (SSSR count). The fraction of sp³-hybridized carbons (Fsp3) is 0.852. The first-order valence-electron chi connectivity index (χ1n) is 12.8. The van der Waals surface area contributed by atoms with Crippen molar-refractivity contribution < 1.29 is 28.7 Å². The zero-order chi connectivity index (χ0) is 24.1. The van der Waals surface area contributed by atoms with Crippen molar-refractivity contribution in [2.75, 3.05) is 7.11 Å². The molecular formula is C27H40O6. The quantitative estimate of drug-likeness (QED) is 0.561. The van der Waals surface area contributed by atoms with Crippen molar-refractivity contribution in [1.82, 2.24) is 0 Å². The molecule has 0 radical (unpaired) electrons. The summed E-state index contributed by atoms with van der Waals surface area (Å²) in [5.74, 6) is 1.28. The van der Waals surface area contributed by atoms with Gasteiger partial charge in [0.15, 0.2) is 0 Å². The van der Waals surface area contributed by atoms with Gasteiger partial charge < -0.3 is 9.47 Å². The molecule has 6 heteroatoms. The van der Waals surface area contributed by atoms with Crippen LogP contribution in [0.4, 0.5) is 0 Å². The van der Waals surface area contributed by atoms with Gasteiger partial charge in [-0.05, 0) is 67.1 Å². The second-order valence-corrected chi connectivity index (χ2v) is 11.8. The average Bonchev–Trinajstić information content (AvgIpc) is 3.11. The number of ketones is 2. The number of carbonyl (C=O) groups is 4. The third kappa shape index (κ3) is 3.95. The van der Waals surface area contributed by atoms with Crippen LogP contribution in [0.1, 0.15) is 85.5 Å². The van der Waals surface area contributed by atoms with Crippen LogP contribution in [-0.2, 0) is 28.7 Å². The van der Waals surface area contributed by atoms with Crippen LogP contribution in [0.2, 0.25) is 0 Å². The minimum Gasteiger partial charge on any atom is -0.469 e. The molecule has 0 spiro atoms. The van der Waals surface area contributed by atoms with Crippen LogP contribution in [0.15, 0.2) is 0 Å². The van der Waals surface area contributed by atoms with E-state index in [2.05, 4.69) is 20.8 Å². The van der Waals surface area contributed by atoms with Gasteiger partial charge in [-0.2, -0.15) is 0 Å². The first kappa shape index (κ1) is 24.4. The molecule has 0 aromatic heterocycles. The Balaban J connectivity index is 1.65. The molecule has 4 saturated carbocycles. The molecule has 4 aliphatic carbocycles. The van der Waals surface area contributed by atoms with Crippen molar-refractivity contribution in [3.8, 4) is 0 Å². The van der Waals surface area contributed by atoms with Gasteiger partial charge >= 0.3 is 11.9 Å². The van der Waals surface area contributed by atoms with Gasteiger partial charge in [0.2, 0.25) is 0 Å². The first-order chi connectivity index (χ1) is 15.5. The van der Waals surface area contributed by atoms with E-state index < -0.39 is 5.41 Å². The van der Waals surface area contributed by atoms with Crippen LogP contribution in [0.3, 0.4) is 0 Å². The largest absolute Gasteiger partial charge is 0.469 e. The zero-order valence-corrected chi connectivity index (χ0v) is 20.9. The lowest BCUT2D eigenvalue weighted by Gasteiger charge is -2.61. The standard InChI is InChI=1S/C27H40O6/c1-15(6-9-24(31)32-5)19-7-8-20-25-21(14-23(30)27(19,20)4)26(3)11-10-18(29)12-17(26)13-22(25)33-16(2)28/h15,17,19-22,25H,6-14H2,1-5H3/t15-,17-,19+,20+,21+,22+,25-,26-,27+/m0/s1. The van der Waals surface area contributed by atoms with E-state index in [0.29, 0.717) is 37.2 Å². The molecule has 0 heterocycles. The summed E-state index contributed by atoms with van der Waals surface area (Å²) in [5.41, 5.74) is -0.510. The van der Waals surface area contributed by atoms with Crippen LogP contribution in [-0.4, -0.2) is 36.7 Å². The Labute approximate surface area is 197 Å². The smallest absolute Gasteiger partial charge is 0.305 e. The monoisotopic (exact) mass is 460 g/mol. The van der Waals surface area contributed by atoms with Gasteiger partial charge in [0.05, 0.1) is 7.11 Å². The van der Waals surface area contributed by atoms with Crippen LogP contribution in [0.25, 0.3) is 0 Å². The van der Waals surface area contributed by atoms with Crippen LogP contribution >= 0.6 is 0 Å². The van der Waals surface area contributed by atoms with Crippen molar-refractivity contribution in [2.45, 2.75) is 91.6 Å². The molecule has 33 heavy (non-hydrogen) atoms. The number of Topliss-reactive ketones (excluding diaryl/α,β-unsaturated/α-hetero) is 2. The normalized spacial score (nSPS) is 43.2. The maximum Gasteiger partial charge on any atom is 0.305 e. The number of fused-ring (bicyclic) bond motifs is 5. The van der Waals surface area contributed by atoms with Crippen LogP contribution in [0.5, 0.6) is 0 Å². The van der Waals surface area contributed by atoms with Gasteiger partial charge in [0.25, 0.3) is 0 Å². The fourth-order valence-corrected chi connectivity index (χ4v) is 8.63. The van der Waals surface area contributed by atoms with E-state index in [1.54, 1.807) is 0 Å². The molecule has 0 aliphatic heterocycles. The minimum absolute atomic E-state index is 0.0548. The Morgan fingerprint density at radius 1 is 1.12 bits per heavy atom. The summed E-state index contributed by atoms with van der Waals surface area (Å²) < 4.78 is 10.8. The number of hydrogen-bond donors (Lipinski definition) is 0. The number of hydrogen-bond acceptors (Lipinski definition) is 6. The van der Waals surface area contributed by atoms with E-state index in [9.17, 15) is 19.2 Å². The van der Waals surface area contributed by atoms with Gasteiger partial charge in [-0.25, -0.2) is 0 Å². The van der Waals surface area contributed by atoms with Gasteiger partial charge in [-0.3, -0.25) is 19.2 Å². The maximum atomic E-state index is 13.9. The van der Waals surface area contributed by atoms with Crippen LogP contribution in [0, 0.1) is 46.3 Å². The first-order valence-corrected chi connectivity index (χ1v) is 12.8. The van der Waals surface area contributed by atoms with Crippen molar-refractivity contribution in [2.24, 2.45) is 46.3 Å². The van der Waals surface area contributed by atoms with Crippen molar-refractivity contribution in [3.63, 3.8) is 0 Å². The fourth-order valence-electron chi connectivity index (χ4n) is 8.63. The summed E-state index contributed by atoms with van der Waals surface area (Å²) in [6.07, 6.45) is 5.99. The third-order valence-electron chi connectivity index (χ3n) is 10.4. The number of carbonyl (C=O) groups excluding carboxylic acids is 4. The molecule has 6 nitrogen and oxygen atoms in total. The molecule has 0 N–H and O–H groups in total. The molecule has 0 aromatic carbocycles. The Hall–Kier alpha value is -1.72. The van der Waals surface area contributed by atoms with E-state index in [4.69, 9.17) is 9.47 Å². The summed E-state index contributed by atoms with van der Waals surface area (Å²) in [7, 11) is 1.41. The second kappa shape index (κ2) is 8.81. The van der Waals surface area contributed by atoms with E-state index >= 15 is 0 Å². The maximum absolute atomic E-state index is 13.9. The van der Waals surface area contributed by atoms with E-state index in [-0.39, 0.29) is 59.0 Å². The van der Waals surface area contributed by atoms with E-state index in [0.717, 1.165) is 32.1 Å². The Bertz CT molecular complexity index is 834. The molecule has 0 unspecified atom stereocenters. The topological polar surface area (TPSA) is 86.7 Å². The highest BCUT2D eigenvalue weighted by atomic mass is 16.5. The SMILES string of the molecule is COC(=O)CC[C@H](C)[C@H]1CC[C@@H]2[C@H]3[C@@H](CC(=O)[C@@]21C)[C@@]1(C)CCC(=O)C[C@H]1C[C@H]3OC(C)=O. The predicted octanol–water partition coefficient (Wildman–Crippen LogP) is 4.52. The lowest BCUT2D eigenvalue weighted by Crippen LogP contribution is -2.61. The van der Waals surface area contributed by atoms with Gasteiger partial charge in [0, 0.05) is 43.9 Å². The molecular weight excluding hydrogens is 420 g/mol. The Morgan fingerprint density at radius 2 is 1.85 bits per heavy atom. The zero-order valence-electron chi connectivity index (χ0n) is 20.9. The van der Waals surface area contributed by atoms with Crippen molar-refractivity contribution in [1.29, 1.82) is 0 Å². The lowest BCUT2D eigenvalue weighted by atomic mass is 9.43. The summed E-state index contributed by atoms with van der Waals surface area (Å²) in [5, 5.41) is 0. The van der Waals surface area contributed by atoms with E-state index in [1.807, 2.05) is 0 Å². The van der Waals surface area contributed by atoms with Crippen molar-refractivity contribution in [3.05, 3.63) is 0 Å². The molecule has 0 bridgehead atoms. The molecule has 0 amide bonds. The predicted molar refractivity (Wildman–Crippen MR) is 122 cm³/mol.